The summed E-state index contributed by atoms with van der Waals surface area (Å²) >= 11 is 0. The minimum atomic E-state index is -0.175. The van der Waals surface area contributed by atoms with Crippen molar-refractivity contribution in [2.45, 2.75) is 45.3 Å². The van der Waals surface area contributed by atoms with Crippen molar-refractivity contribution in [3.05, 3.63) is 29.8 Å². The number of ether oxygens (including phenoxy) is 1. The van der Waals surface area contributed by atoms with E-state index in [0.29, 0.717) is 11.8 Å². The third kappa shape index (κ3) is 3.24. The van der Waals surface area contributed by atoms with Gasteiger partial charge < -0.3 is 9.84 Å². The average molecular weight is 289 g/mol. The largest absolute Gasteiger partial charge is 0.493 e. The van der Waals surface area contributed by atoms with Crippen LogP contribution < -0.4 is 4.74 Å². The van der Waals surface area contributed by atoms with Crippen LogP contribution in [0.5, 0.6) is 5.75 Å². The minimum absolute atomic E-state index is 0.175. The SMILES string of the molecule is CC(C)COc1ccccc1CC1C(O)C2CCN1CC2. The van der Waals surface area contributed by atoms with E-state index < -0.39 is 0 Å². The lowest BCUT2D eigenvalue weighted by atomic mass is 9.78. The molecule has 3 fully saturated rings. The summed E-state index contributed by atoms with van der Waals surface area (Å²) in [5.41, 5.74) is 1.23. The van der Waals surface area contributed by atoms with Crippen LogP contribution in [-0.2, 0) is 6.42 Å². The number of nitrogens with zero attached hydrogens (tertiary/aromatic N) is 1. The Kier molecular flexibility index (Phi) is 4.51. The van der Waals surface area contributed by atoms with Crippen LogP contribution in [0.25, 0.3) is 0 Å². The first-order valence-corrected chi connectivity index (χ1v) is 8.28. The Morgan fingerprint density at radius 3 is 2.62 bits per heavy atom. The van der Waals surface area contributed by atoms with Crippen molar-refractivity contribution in [1.82, 2.24) is 4.90 Å². The highest BCUT2D eigenvalue weighted by Crippen LogP contribution is 2.35. The van der Waals surface area contributed by atoms with Gasteiger partial charge >= 0.3 is 0 Å². The quantitative estimate of drug-likeness (QED) is 0.904. The number of hydrogen-bond donors (Lipinski definition) is 1. The van der Waals surface area contributed by atoms with Gasteiger partial charge in [0.1, 0.15) is 5.75 Å². The van der Waals surface area contributed by atoms with Crippen LogP contribution in [0.3, 0.4) is 0 Å². The predicted octanol–water partition coefficient (Wildman–Crippen LogP) is 2.72. The zero-order chi connectivity index (χ0) is 14.8. The highest BCUT2D eigenvalue weighted by atomic mass is 16.5. The first-order chi connectivity index (χ1) is 10.1. The maximum atomic E-state index is 10.5. The third-order valence-corrected chi connectivity index (χ3v) is 4.89. The molecule has 4 rings (SSSR count). The van der Waals surface area contributed by atoms with Gasteiger partial charge in [-0.05, 0) is 55.8 Å². The van der Waals surface area contributed by atoms with Gasteiger partial charge in [-0.15, -0.1) is 0 Å². The Morgan fingerprint density at radius 2 is 1.95 bits per heavy atom. The second kappa shape index (κ2) is 6.37. The van der Waals surface area contributed by atoms with E-state index in [2.05, 4.69) is 36.9 Å². The van der Waals surface area contributed by atoms with Gasteiger partial charge in [0.15, 0.2) is 0 Å². The lowest BCUT2D eigenvalue weighted by Crippen LogP contribution is -2.58. The fraction of sp³-hybridized carbons (Fsp3) is 0.667. The van der Waals surface area contributed by atoms with E-state index in [-0.39, 0.29) is 12.1 Å². The molecule has 3 aliphatic heterocycles. The molecule has 3 saturated heterocycles. The Morgan fingerprint density at radius 1 is 1.24 bits per heavy atom. The van der Waals surface area contributed by atoms with Gasteiger partial charge in [0.2, 0.25) is 0 Å². The van der Waals surface area contributed by atoms with Gasteiger partial charge in [0.05, 0.1) is 12.7 Å². The van der Waals surface area contributed by atoms with Crippen molar-refractivity contribution in [2.75, 3.05) is 19.7 Å². The summed E-state index contributed by atoms with van der Waals surface area (Å²) in [6, 6.07) is 8.57. The van der Waals surface area contributed by atoms with E-state index in [0.717, 1.165) is 44.7 Å². The topological polar surface area (TPSA) is 32.7 Å². The highest BCUT2D eigenvalue weighted by molar-refractivity contribution is 5.34. The van der Waals surface area contributed by atoms with Crippen molar-refractivity contribution in [3.63, 3.8) is 0 Å². The van der Waals surface area contributed by atoms with E-state index in [9.17, 15) is 5.11 Å². The van der Waals surface area contributed by atoms with E-state index in [1.54, 1.807) is 0 Å². The van der Waals surface area contributed by atoms with Crippen LogP contribution in [0.15, 0.2) is 24.3 Å². The van der Waals surface area contributed by atoms with Gasteiger partial charge in [-0.25, -0.2) is 0 Å². The van der Waals surface area contributed by atoms with Crippen LogP contribution in [0.4, 0.5) is 0 Å². The summed E-state index contributed by atoms with van der Waals surface area (Å²) in [6.45, 7) is 7.36. The number of aliphatic hydroxyl groups is 1. The average Bonchev–Trinajstić information content (AvgIpc) is 2.50. The van der Waals surface area contributed by atoms with Gasteiger partial charge in [0.25, 0.3) is 0 Å². The molecular formula is C18H27NO2. The number of para-hydroxylation sites is 1. The molecular weight excluding hydrogens is 262 g/mol. The molecule has 3 aliphatic rings. The zero-order valence-corrected chi connectivity index (χ0v) is 13.2. The first kappa shape index (κ1) is 14.9. The number of benzene rings is 1. The van der Waals surface area contributed by atoms with E-state index >= 15 is 0 Å². The predicted molar refractivity (Wildman–Crippen MR) is 84.6 cm³/mol. The number of hydrogen-bond acceptors (Lipinski definition) is 3. The molecule has 0 aromatic heterocycles. The maximum Gasteiger partial charge on any atom is 0.122 e. The fourth-order valence-corrected chi connectivity index (χ4v) is 3.67. The summed E-state index contributed by atoms with van der Waals surface area (Å²) in [5, 5.41) is 10.5. The monoisotopic (exact) mass is 289 g/mol. The highest BCUT2D eigenvalue weighted by Gasteiger charge is 2.41. The van der Waals surface area contributed by atoms with Crippen molar-refractivity contribution in [3.8, 4) is 5.75 Å². The van der Waals surface area contributed by atoms with Crippen LogP contribution in [-0.4, -0.2) is 41.8 Å². The van der Waals surface area contributed by atoms with Crippen molar-refractivity contribution < 1.29 is 9.84 Å². The molecule has 0 spiro atoms. The van der Waals surface area contributed by atoms with Gasteiger partial charge in [-0.2, -0.15) is 0 Å². The number of rotatable bonds is 5. The number of fused-ring (bicyclic) bond motifs is 3. The summed E-state index contributed by atoms with van der Waals surface area (Å²) in [7, 11) is 0. The maximum absolute atomic E-state index is 10.5. The fourth-order valence-electron chi connectivity index (χ4n) is 3.67. The summed E-state index contributed by atoms with van der Waals surface area (Å²) in [6.07, 6.45) is 3.03. The van der Waals surface area contributed by atoms with Crippen molar-refractivity contribution in [2.24, 2.45) is 11.8 Å². The van der Waals surface area contributed by atoms with E-state index in [1.807, 2.05) is 6.07 Å². The molecule has 1 aromatic rings. The molecule has 2 unspecified atom stereocenters. The molecule has 3 nitrogen and oxygen atoms in total. The summed E-state index contributed by atoms with van der Waals surface area (Å²) in [5.74, 6) is 2.02. The molecule has 1 N–H and O–H groups in total. The number of aliphatic hydroxyl groups excluding tert-OH is 1. The lowest BCUT2D eigenvalue weighted by molar-refractivity contribution is -0.0716. The second-order valence-electron chi connectivity index (χ2n) is 6.95. The van der Waals surface area contributed by atoms with E-state index in [4.69, 9.17) is 4.74 Å². The molecule has 3 heteroatoms. The zero-order valence-electron chi connectivity index (χ0n) is 13.2. The van der Waals surface area contributed by atoms with Gasteiger partial charge in [-0.3, -0.25) is 4.90 Å². The Hall–Kier alpha value is -1.06. The standard InChI is InChI=1S/C18H27NO2/c1-13(2)12-21-17-6-4-3-5-15(17)11-16-18(20)14-7-9-19(16)10-8-14/h3-6,13-14,16,18,20H,7-12H2,1-2H3. The van der Waals surface area contributed by atoms with Crippen molar-refractivity contribution >= 4 is 0 Å². The molecule has 2 atom stereocenters. The molecule has 3 heterocycles. The van der Waals surface area contributed by atoms with Crippen LogP contribution in [0.1, 0.15) is 32.3 Å². The summed E-state index contributed by atoms with van der Waals surface area (Å²) < 4.78 is 5.96. The van der Waals surface area contributed by atoms with Crippen molar-refractivity contribution in [1.29, 1.82) is 0 Å². The normalized spacial score (nSPS) is 31.6. The second-order valence-corrected chi connectivity index (χ2v) is 6.95. The molecule has 1 aromatic carbocycles. The Bertz CT molecular complexity index is 464. The minimum Gasteiger partial charge on any atom is -0.493 e. The molecule has 116 valence electrons. The summed E-state index contributed by atoms with van der Waals surface area (Å²) in [4.78, 5) is 2.46. The molecule has 0 aliphatic carbocycles. The van der Waals surface area contributed by atoms with E-state index in [1.165, 1.54) is 5.56 Å². The lowest BCUT2D eigenvalue weighted by Gasteiger charge is -2.49. The molecule has 0 saturated carbocycles. The Balaban J connectivity index is 1.72. The number of piperidine rings is 3. The Labute approximate surface area is 127 Å². The first-order valence-electron chi connectivity index (χ1n) is 8.28. The van der Waals surface area contributed by atoms with Gasteiger partial charge in [0, 0.05) is 6.04 Å². The molecule has 0 radical (unpaired) electrons. The third-order valence-electron chi connectivity index (χ3n) is 4.89. The smallest absolute Gasteiger partial charge is 0.122 e. The van der Waals surface area contributed by atoms with Gasteiger partial charge in [-0.1, -0.05) is 32.0 Å². The molecule has 2 bridgehead atoms. The van der Waals surface area contributed by atoms with Crippen LogP contribution in [0.2, 0.25) is 0 Å². The molecule has 0 amide bonds. The van der Waals surface area contributed by atoms with Crippen LogP contribution >= 0.6 is 0 Å². The molecule has 21 heavy (non-hydrogen) atoms. The van der Waals surface area contributed by atoms with Crippen LogP contribution in [0, 0.1) is 11.8 Å².